The molecule has 18 heavy (non-hydrogen) atoms. The lowest BCUT2D eigenvalue weighted by molar-refractivity contribution is 0.0467. The van der Waals surface area contributed by atoms with Gasteiger partial charge in [0.15, 0.2) is 0 Å². The molecule has 0 aromatic carbocycles. The molecule has 1 aliphatic rings. The van der Waals surface area contributed by atoms with Crippen molar-refractivity contribution in [2.24, 2.45) is 5.92 Å². The first kappa shape index (κ1) is 15.9. The van der Waals surface area contributed by atoms with Gasteiger partial charge in [0.05, 0.1) is 6.61 Å². The predicted molar refractivity (Wildman–Crippen MR) is 78.0 cm³/mol. The van der Waals surface area contributed by atoms with Crippen LogP contribution in [0.5, 0.6) is 0 Å². The molecule has 0 saturated carbocycles. The van der Waals surface area contributed by atoms with Crippen molar-refractivity contribution in [3.63, 3.8) is 0 Å². The van der Waals surface area contributed by atoms with E-state index in [0.717, 1.165) is 19.1 Å². The molecule has 1 saturated heterocycles. The summed E-state index contributed by atoms with van der Waals surface area (Å²) >= 11 is 0. The van der Waals surface area contributed by atoms with E-state index >= 15 is 0 Å². The van der Waals surface area contributed by atoms with Crippen molar-refractivity contribution >= 4 is 0 Å². The van der Waals surface area contributed by atoms with Crippen LogP contribution < -0.4 is 5.32 Å². The van der Waals surface area contributed by atoms with E-state index in [4.69, 9.17) is 4.74 Å². The van der Waals surface area contributed by atoms with Gasteiger partial charge in [0.1, 0.15) is 0 Å². The largest absolute Gasteiger partial charge is 0.383 e. The van der Waals surface area contributed by atoms with Crippen LogP contribution in [0.2, 0.25) is 0 Å². The van der Waals surface area contributed by atoms with Crippen molar-refractivity contribution in [1.82, 2.24) is 10.2 Å². The van der Waals surface area contributed by atoms with Crippen molar-refractivity contribution < 1.29 is 4.74 Å². The maximum absolute atomic E-state index is 5.38. The quantitative estimate of drug-likeness (QED) is 0.722. The lowest BCUT2D eigenvalue weighted by Crippen LogP contribution is -2.52. The van der Waals surface area contributed by atoms with Crippen LogP contribution in [0, 0.1) is 5.92 Å². The maximum Gasteiger partial charge on any atom is 0.0618 e. The molecule has 0 spiro atoms. The second kappa shape index (κ2) is 8.89. The average Bonchev–Trinajstić information content (AvgIpc) is 2.37. The number of hydrogen-bond donors (Lipinski definition) is 1. The Labute approximate surface area is 113 Å². The highest BCUT2D eigenvalue weighted by atomic mass is 16.5. The van der Waals surface area contributed by atoms with Crippen LogP contribution in [0.1, 0.15) is 46.5 Å². The van der Waals surface area contributed by atoms with Crippen molar-refractivity contribution in [1.29, 1.82) is 0 Å². The van der Waals surface area contributed by atoms with Crippen molar-refractivity contribution in [3.8, 4) is 0 Å². The number of rotatable bonds is 8. The Bertz CT molecular complexity index is 205. The Kier molecular flexibility index (Phi) is 7.87. The number of piperidine rings is 1. The fraction of sp³-hybridized carbons (Fsp3) is 1.00. The lowest BCUT2D eigenvalue weighted by Gasteiger charge is -2.41. The molecule has 0 radical (unpaired) electrons. The van der Waals surface area contributed by atoms with E-state index in [0.29, 0.717) is 12.1 Å². The molecule has 1 rings (SSSR count). The summed E-state index contributed by atoms with van der Waals surface area (Å²) in [6.07, 6.45) is 5.02. The molecule has 0 aromatic heterocycles. The van der Waals surface area contributed by atoms with E-state index < -0.39 is 0 Å². The molecular weight excluding hydrogens is 224 g/mol. The molecule has 108 valence electrons. The van der Waals surface area contributed by atoms with Gasteiger partial charge >= 0.3 is 0 Å². The summed E-state index contributed by atoms with van der Waals surface area (Å²) in [4.78, 5) is 2.64. The Morgan fingerprint density at radius 2 is 2.11 bits per heavy atom. The highest BCUT2D eigenvalue weighted by Crippen LogP contribution is 2.20. The SMILES string of the molecule is CCCNC1CCN(C(CCC)COC)CC1C. The van der Waals surface area contributed by atoms with Crippen LogP contribution in [-0.4, -0.2) is 50.3 Å². The van der Waals surface area contributed by atoms with Crippen LogP contribution in [0.3, 0.4) is 0 Å². The van der Waals surface area contributed by atoms with E-state index in [-0.39, 0.29) is 0 Å². The fourth-order valence-corrected chi connectivity index (χ4v) is 3.04. The molecule has 1 heterocycles. The van der Waals surface area contributed by atoms with Crippen molar-refractivity contribution in [2.75, 3.05) is 33.4 Å². The number of hydrogen-bond acceptors (Lipinski definition) is 3. The summed E-state index contributed by atoms with van der Waals surface area (Å²) in [5.41, 5.74) is 0. The van der Waals surface area contributed by atoms with Crippen LogP contribution in [0.25, 0.3) is 0 Å². The Morgan fingerprint density at radius 1 is 1.33 bits per heavy atom. The van der Waals surface area contributed by atoms with Gasteiger partial charge in [-0.15, -0.1) is 0 Å². The second-order valence-corrected chi connectivity index (χ2v) is 5.72. The highest BCUT2D eigenvalue weighted by Gasteiger charge is 2.29. The zero-order chi connectivity index (χ0) is 13.4. The minimum atomic E-state index is 0.620. The third-order valence-electron chi connectivity index (χ3n) is 4.09. The molecule has 1 N–H and O–H groups in total. The van der Waals surface area contributed by atoms with Crippen LogP contribution >= 0.6 is 0 Å². The molecule has 1 fully saturated rings. The van der Waals surface area contributed by atoms with E-state index in [9.17, 15) is 0 Å². The topological polar surface area (TPSA) is 24.5 Å². The molecule has 0 bridgehead atoms. The summed E-state index contributed by atoms with van der Waals surface area (Å²) < 4.78 is 5.38. The van der Waals surface area contributed by atoms with Crippen molar-refractivity contribution in [2.45, 2.75) is 58.5 Å². The van der Waals surface area contributed by atoms with Gasteiger partial charge < -0.3 is 10.1 Å². The lowest BCUT2D eigenvalue weighted by atomic mass is 9.92. The number of likely N-dealkylation sites (tertiary alicyclic amines) is 1. The van der Waals surface area contributed by atoms with Gasteiger partial charge in [0.2, 0.25) is 0 Å². The minimum Gasteiger partial charge on any atom is -0.383 e. The monoisotopic (exact) mass is 256 g/mol. The van der Waals surface area contributed by atoms with Gasteiger partial charge in [-0.1, -0.05) is 27.2 Å². The van der Waals surface area contributed by atoms with Crippen LogP contribution in [0.4, 0.5) is 0 Å². The van der Waals surface area contributed by atoms with Gasteiger partial charge in [0, 0.05) is 32.3 Å². The van der Waals surface area contributed by atoms with Crippen LogP contribution in [0.15, 0.2) is 0 Å². The average molecular weight is 256 g/mol. The smallest absolute Gasteiger partial charge is 0.0618 e. The highest BCUT2D eigenvalue weighted by molar-refractivity contribution is 4.85. The molecule has 0 aromatic rings. The van der Waals surface area contributed by atoms with Crippen molar-refractivity contribution in [3.05, 3.63) is 0 Å². The molecular formula is C15H32N2O. The molecule has 3 atom stereocenters. The molecule has 1 aliphatic heterocycles. The third kappa shape index (κ3) is 4.87. The number of nitrogens with zero attached hydrogens (tertiary/aromatic N) is 1. The van der Waals surface area contributed by atoms with Gasteiger partial charge in [-0.05, 0) is 31.7 Å². The predicted octanol–water partition coefficient (Wildman–Crippen LogP) is 2.51. The van der Waals surface area contributed by atoms with E-state index in [1.54, 1.807) is 0 Å². The molecule has 0 aliphatic carbocycles. The molecule has 3 unspecified atom stereocenters. The Morgan fingerprint density at radius 3 is 2.67 bits per heavy atom. The van der Waals surface area contributed by atoms with E-state index in [1.165, 1.54) is 38.8 Å². The van der Waals surface area contributed by atoms with Crippen LogP contribution in [-0.2, 0) is 4.74 Å². The van der Waals surface area contributed by atoms with Gasteiger partial charge in [0.25, 0.3) is 0 Å². The summed E-state index contributed by atoms with van der Waals surface area (Å²) in [6, 6.07) is 1.33. The normalized spacial score (nSPS) is 27.3. The van der Waals surface area contributed by atoms with Gasteiger partial charge in [-0.2, -0.15) is 0 Å². The third-order valence-corrected chi connectivity index (χ3v) is 4.09. The first-order chi connectivity index (χ1) is 8.72. The number of nitrogens with one attached hydrogen (secondary N) is 1. The zero-order valence-electron chi connectivity index (χ0n) is 12.7. The molecule has 3 heteroatoms. The van der Waals surface area contributed by atoms with Gasteiger partial charge in [-0.3, -0.25) is 4.90 Å². The maximum atomic E-state index is 5.38. The molecule has 3 nitrogen and oxygen atoms in total. The fourth-order valence-electron chi connectivity index (χ4n) is 3.04. The number of methoxy groups -OCH3 is 1. The molecule has 0 amide bonds. The van der Waals surface area contributed by atoms with E-state index in [2.05, 4.69) is 31.0 Å². The first-order valence-electron chi connectivity index (χ1n) is 7.69. The Balaban J connectivity index is 2.42. The number of ether oxygens (including phenoxy) is 1. The summed E-state index contributed by atoms with van der Waals surface area (Å²) in [7, 11) is 1.82. The Hall–Kier alpha value is -0.120. The zero-order valence-corrected chi connectivity index (χ0v) is 12.7. The summed E-state index contributed by atoms with van der Waals surface area (Å²) in [5, 5.41) is 3.69. The summed E-state index contributed by atoms with van der Waals surface area (Å²) in [6.45, 7) is 11.4. The summed E-state index contributed by atoms with van der Waals surface area (Å²) in [5.74, 6) is 0.751. The van der Waals surface area contributed by atoms with Gasteiger partial charge in [-0.25, -0.2) is 0 Å². The first-order valence-corrected chi connectivity index (χ1v) is 7.69. The minimum absolute atomic E-state index is 0.620. The van der Waals surface area contributed by atoms with E-state index in [1.807, 2.05) is 7.11 Å². The second-order valence-electron chi connectivity index (χ2n) is 5.72. The standard InChI is InChI=1S/C15H32N2O/c1-5-7-14(12-18-4)17-10-8-15(13(3)11-17)16-9-6-2/h13-16H,5-12H2,1-4H3.